The predicted octanol–water partition coefficient (Wildman–Crippen LogP) is 5.29. The molecule has 216 valence electrons. The molecule has 2 N–H and O–H groups in total. The van der Waals surface area contributed by atoms with Crippen LogP contribution in [0.5, 0.6) is 0 Å². The van der Waals surface area contributed by atoms with Crippen molar-refractivity contribution in [2.45, 2.75) is 96.0 Å². The number of cyclic esters (lactones) is 1. The van der Waals surface area contributed by atoms with E-state index in [0.29, 0.717) is 6.42 Å². The number of hydrogen-bond acceptors (Lipinski definition) is 7. The van der Waals surface area contributed by atoms with E-state index in [1.165, 1.54) is 6.08 Å². The minimum Gasteiger partial charge on any atom is -0.447 e. The van der Waals surface area contributed by atoms with Crippen LogP contribution in [0.3, 0.4) is 0 Å². The normalized spacial score (nSPS) is 24.2. The van der Waals surface area contributed by atoms with Gasteiger partial charge in [0.05, 0.1) is 16.4 Å². The lowest BCUT2D eigenvalue weighted by atomic mass is 9.87. The molecule has 0 unspecified atom stereocenters. The summed E-state index contributed by atoms with van der Waals surface area (Å²) in [5.41, 5.74) is 0.817. The highest BCUT2D eigenvalue weighted by atomic mass is 79.9. The smallest absolute Gasteiger partial charge is 0.416 e. The first-order valence-electron chi connectivity index (χ1n) is 14.1. The van der Waals surface area contributed by atoms with Gasteiger partial charge in [0.2, 0.25) is 5.91 Å². The van der Waals surface area contributed by atoms with Gasteiger partial charge in [-0.15, -0.1) is 0 Å². The molecule has 1 saturated heterocycles. The Morgan fingerprint density at radius 2 is 1.67 bits per heavy atom. The molecule has 0 aromatic heterocycles. The Bertz CT molecular complexity index is 998. The topological polar surface area (TPSA) is 113 Å². The molecule has 39 heavy (non-hydrogen) atoms. The zero-order valence-corrected chi connectivity index (χ0v) is 24.6. The number of carbonyl (C=O) groups is 3. The quantitative estimate of drug-likeness (QED) is 0.260. The molecule has 0 radical (unpaired) electrons. The zero-order valence-electron chi connectivity index (χ0n) is 23.0. The maximum atomic E-state index is 13.9. The summed E-state index contributed by atoms with van der Waals surface area (Å²) < 4.78 is 11.5. The van der Waals surface area contributed by atoms with Gasteiger partial charge in [0.15, 0.2) is 11.6 Å². The molecule has 2 heterocycles. The van der Waals surface area contributed by atoms with E-state index in [1.54, 1.807) is 0 Å². The first kappa shape index (κ1) is 31.5. The molecule has 1 aromatic rings. The largest absolute Gasteiger partial charge is 0.447 e. The van der Waals surface area contributed by atoms with Crippen molar-refractivity contribution in [2.24, 2.45) is 11.8 Å². The van der Waals surface area contributed by atoms with Gasteiger partial charge in [-0.25, -0.2) is 9.69 Å². The van der Waals surface area contributed by atoms with E-state index in [-0.39, 0.29) is 36.5 Å². The lowest BCUT2D eigenvalue weighted by molar-refractivity contribution is -0.218. The second-order valence-corrected chi connectivity index (χ2v) is 11.8. The second kappa shape index (κ2) is 15.1. The van der Waals surface area contributed by atoms with Gasteiger partial charge in [-0.05, 0) is 52.7 Å². The number of benzene rings is 1. The number of ether oxygens (including phenoxy) is 2. The summed E-state index contributed by atoms with van der Waals surface area (Å²) in [6, 6.07) is 8.84. The Morgan fingerprint density at radius 1 is 1.05 bits per heavy atom. The number of aliphatic hydroxyl groups excluding tert-OH is 1. The fourth-order valence-corrected chi connectivity index (χ4v) is 5.71. The number of imide groups is 1. The van der Waals surface area contributed by atoms with Crippen LogP contribution in [0.2, 0.25) is 0 Å². The summed E-state index contributed by atoms with van der Waals surface area (Å²) in [5.74, 6) is -3.75. The SMILES string of the molecule is CC(C)[C@@H]1COC(=O)N1C(=O)[C@@H](Cc1ccccc1)[C@H]1O[C@@](O)(CCCCCCCCCCO)C(Br)=CC1=O. The lowest BCUT2D eigenvalue weighted by Gasteiger charge is -2.39. The van der Waals surface area contributed by atoms with E-state index >= 15 is 0 Å². The minimum atomic E-state index is -1.74. The fourth-order valence-electron chi connectivity index (χ4n) is 5.19. The number of rotatable bonds is 15. The van der Waals surface area contributed by atoms with Crippen molar-refractivity contribution < 1.29 is 34.1 Å². The minimum absolute atomic E-state index is 0.0265. The highest BCUT2D eigenvalue weighted by molar-refractivity contribution is 9.11. The van der Waals surface area contributed by atoms with Crippen LogP contribution in [-0.2, 0) is 25.5 Å². The number of carbonyl (C=O) groups excluding carboxylic acids is 3. The average Bonchev–Trinajstić information content (AvgIpc) is 3.30. The third-order valence-corrected chi connectivity index (χ3v) is 8.41. The number of nitrogens with zero attached hydrogens (tertiary/aromatic N) is 1. The van der Waals surface area contributed by atoms with Crippen molar-refractivity contribution in [3.63, 3.8) is 0 Å². The molecule has 2 aliphatic heterocycles. The molecule has 0 saturated carbocycles. The molecule has 9 heteroatoms. The summed E-state index contributed by atoms with van der Waals surface area (Å²) in [6.45, 7) is 4.17. The van der Waals surface area contributed by atoms with Crippen LogP contribution < -0.4 is 0 Å². The van der Waals surface area contributed by atoms with Gasteiger partial charge < -0.3 is 19.7 Å². The van der Waals surface area contributed by atoms with Crippen LogP contribution >= 0.6 is 15.9 Å². The first-order valence-corrected chi connectivity index (χ1v) is 14.9. The molecule has 0 spiro atoms. The zero-order chi connectivity index (χ0) is 28.4. The molecule has 0 bridgehead atoms. The first-order chi connectivity index (χ1) is 18.7. The van der Waals surface area contributed by atoms with Crippen LogP contribution in [0.4, 0.5) is 4.79 Å². The highest BCUT2D eigenvalue weighted by Crippen LogP contribution is 2.38. The Kier molecular flexibility index (Phi) is 12.2. The molecule has 1 fully saturated rings. The van der Waals surface area contributed by atoms with Gasteiger partial charge in [-0.1, -0.05) is 82.7 Å². The number of amides is 2. The van der Waals surface area contributed by atoms with Gasteiger partial charge in [-0.3, -0.25) is 9.59 Å². The molecule has 0 aliphatic carbocycles. The van der Waals surface area contributed by atoms with Crippen molar-refractivity contribution in [2.75, 3.05) is 13.2 Å². The van der Waals surface area contributed by atoms with Gasteiger partial charge in [0.25, 0.3) is 0 Å². The van der Waals surface area contributed by atoms with Gasteiger partial charge in [-0.2, -0.15) is 0 Å². The van der Waals surface area contributed by atoms with E-state index < -0.39 is 41.6 Å². The van der Waals surface area contributed by atoms with Crippen LogP contribution in [0.25, 0.3) is 0 Å². The van der Waals surface area contributed by atoms with Gasteiger partial charge in [0, 0.05) is 13.0 Å². The predicted molar refractivity (Wildman–Crippen MR) is 151 cm³/mol. The van der Waals surface area contributed by atoms with Crippen molar-refractivity contribution in [3.8, 4) is 0 Å². The monoisotopic (exact) mass is 607 g/mol. The molecular formula is C30H42BrNO7. The van der Waals surface area contributed by atoms with E-state index in [4.69, 9.17) is 14.6 Å². The molecule has 1 aromatic carbocycles. The van der Waals surface area contributed by atoms with E-state index in [9.17, 15) is 19.5 Å². The van der Waals surface area contributed by atoms with Crippen LogP contribution in [-0.4, -0.2) is 64.0 Å². The van der Waals surface area contributed by atoms with Crippen molar-refractivity contribution in [3.05, 3.63) is 46.5 Å². The molecular weight excluding hydrogens is 566 g/mol. The summed E-state index contributed by atoms with van der Waals surface area (Å²) in [6.07, 6.45) is 7.54. The highest BCUT2D eigenvalue weighted by Gasteiger charge is 2.50. The number of hydrogen-bond donors (Lipinski definition) is 2. The summed E-state index contributed by atoms with van der Waals surface area (Å²) >= 11 is 3.33. The third-order valence-electron chi connectivity index (χ3n) is 7.56. The maximum absolute atomic E-state index is 13.9. The van der Waals surface area contributed by atoms with Crippen molar-refractivity contribution in [1.82, 2.24) is 4.90 Å². The Balaban J connectivity index is 1.73. The lowest BCUT2D eigenvalue weighted by Crippen LogP contribution is -2.54. The van der Waals surface area contributed by atoms with Crippen LogP contribution in [0.15, 0.2) is 40.9 Å². The van der Waals surface area contributed by atoms with Gasteiger partial charge in [0.1, 0.15) is 12.7 Å². The molecule has 2 amide bonds. The van der Waals surface area contributed by atoms with Crippen molar-refractivity contribution >= 4 is 33.7 Å². The number of unbranched alkanes of at least 4 members (excludes halogenated alkanes) is 7. The average molecular weight is 609 g/mol. The third kappa shape index (κ3) is 8.46. The standard InChI is InChI=1S/C30H42BrNO7/c1-21(2)24-20-38-29(36)32(24)28(35)23(18-22-14-10-9-11-15-22)27-25(34)19-26(31)30(37,39-27)16-12-7-5-3-4-6-8-13-17-33/h9-11,14-15,19,21,23-24,27,33,37H,3-8,12-13,16-18,20H2,1-2H3/t23-,24-,27+,30-/m0/s1. The van der Waals surface area contributed by atoms with Gasteiger partial charge >= 0.3 is 6.09 Å². The second-order valence-electron chi connectivity index (χ2n) is 10.9. The fraction of sp³-hybridized carbons (Fsp3) is 0.633. The summed E-state index contributed by atoms with van der Waals surface area (Å²) in [7, 11) is 0. The van der Waals surface area contributed by atoms with E-state index in [1.807, 2.05) is 44.2 Å². The van der Waals surface area contributed by atoms with E-state index in [2.05, 4.69) is 15.9 Å². The van der Waals surface area contributed by atoms with Crippen LogP contribution in [0, 0.1) is 11.8 Å². The molecule has 2 aliphatic rings. The molecule has 4 atom stereocenters. The molecule has 3 rings (SSSR count). The number of ketones is 1. The Labute approximate surface area is 239 Å². The maximum Gasteiger partial charge on any atom is 0.416 e. The van der Waals surface area contributed by atoms with Crippen LogP contribution in [0.1, 0.15) is 77.2 Å². The number of halogens is 1. The summed E-state index contributed by atoms with van der Waals surface area (Å²) in [5, 5.41) is 20.3. The molecule has 8 nitrogen and oxygen atoms in total. The summed E-state index contributed by atoms with van der Waals surface area (Å²) in [4.78, 5) is 40.9. The number of aliphatic hydroxyl groups is 2. The van der Waals surface area contributed by atoms with E-state index in [0.717, 1.165) is 55.4 Å². The van der Waals surface area contributed by atoms with Crippen molar-refractivity contribution in [1.29, 1.82) is 0 Å². The Hall–Kier alpha value is -2.07. The Morgan fingerprint density at radius 3 is 2.28 bits per heavy atom.